The fourth-order valence-electron chi connectivity index (χ4n) is 3.31. The molecule has 1 atom stereocenters. The van der Waals surface area contributed by atoms with Crippen LogP contribution in [0.1, 0.15) is 24.4 Å². The molecular weight excluding hydrogens is 502 g/mol. The molecule has 1 N–H and O–H groups in total. The fraction of sp³-hybridized carbons (Fsp3) is 0.200. The lowest BCUT2D eigenvalue weighted by atomic mass is 10.2. The number of rotatable bonds is 10. The van der Waals surface area contributed by atoms with Gasteiger partial charge in [0.1, 0.15) is 5.75 Å². The lowest BCUT2D eigenvalue weighted by Gasteiger charge is -2.16. The minimum atomic E-state index is -0.363. The minimum absolute atomic E-state index is 0.167. The van der Waals surface area contributed by atoms with E-state index in [9.17, 15) is 4.79 Å². The highest BCUT2D eigenvalue weighted by molar-refractivity contribution is 7.99. The van der Waals surface area contributed by atoms with Crippen LogP contribution in [0.5, 0.6) is 5.75 Å². The van der Waals surface area contributed by atoms with Crippen LogP contribution in [0.3, 0.4) is 0 Å². The second-order valence-electron chi connectivity index (χ2n) is 7.65. The molecule has 1 amide bonds. The third-order valence-corrected chi connectivity index (χ3v) is 7.16. The maximum atomic E-state index is 12.6. The van der Waals surface area contributed by atoms with E-state index in [-0.39, 0.29) is 17.8 Å². The minimum Gasteiger partial charge on any atom is -0.483 e. The number of nitrogens with zero attached hydrogens (tertiary/aromatic N) is 4. The molecule has 2 aromatic carbocycles. The molecule has 10 heteroatoms. The average molecular weight is 526 g/mol. The Labute approximate surface area is 217 Å². The first-order valence-corrected chi connectivity index (χ1v) is 13.1. The summed E-state index contributed by atoms with van der Waals surface area (Å²) >= 11 is 8.81. The van der Waals surface area contributed by atoms with Crippen molar-refractivity contribution in [3.63, 3.8) is 0 Å². The van der Waals surface area contributed by atoms with Crippen molar-refractivity contribution in [3.8, 4) is 17.0 Å². The summed E-state index contributed by atoms with van der Waals surface area (Å²) in [4.78, 5) is 17.1. The maximum Gasteiger partial charge on any atom is 0.236 e. The zero-order valence-corrected chi connectivity index (χ0v) is 21.7. The smallest absolute Gasteiger partial charge is 0.236 e. The van der Waals surface area contributed by atoms with Crippen LogP contribution in [0.15, 0.2) is 71.7 Å². The summed E-state index contributed by atoms with van der Waals surface area (Å²) < 4.78 is 7.97. The molecule has 0 fully saturated rings. The Morgan fingerprint density at radius 1 is 1.29 bits per heavy atom. The second-order valence-corrected chi connectivity index (χ2v) is 9.86. The van der Waals surface area contributed by atoms with Gasteiger partial charge in [0, 0.05) is 22.5 Å². The summed E-state index contributed by atoms with van der Waals surface area (Å²) in [6.45, 7) is 8.15. The molecular formula is C25H24ClN5O2S2. The molecule has 0 radical (unpaired) electrons. The van der Waals surface area contributed by atoms with Gasteiger partial charge in [-0.05, 0) is 37.6 Å². The predicted molar refractivity (Wildman–Crippen MR) is 142 cm³/mol. The lowest BCUT2D eigenvalue weighted by Crippen LogP contribution is -2.15. The maximum absolute atomic E-state index is 12.6. The van der Waals surface area contributed by atoms with Crippen LogP contribution in [-0.4, -0.2) is 31.4 Å². The molecule has 7 nitrogen and oxygen atoms in total. The van der Waals surface area contributed by atoms with Gasteiger partial charge in [0.2, 0.25) is 5.91 Å². The van der Waals surface area contributed by atoms with Gasteiger partial charge >= 0.3 is 0 Å². The number of carbonyl (C=O) groups excluding carboxylic acids is 1. The van der Waals surface area contributed by atoms with Gasteiger partial charge in [-0.25, -0.2) is 4.98 Å². The van der Waals surface area contributed by atoms with Gasteiger partial charge in [-0.3, -0.25) is 9.36 Å². The van der Waals surface area contributed by atoms with Gasteiger partial charge in [0.25, 0.3) is 0 Å². The van der Waals surface area contributed by atoms with Crippen molar-refractivity contribution in [2.45, 2.75) is 31.7 Å². The van der Waals surface area contributed by atoms with Crippen LogP contribution in [0.2, 0.25) is 5.02 Å². The molecule has 4 aromatic rings. The van der Waals surface area contributed by atoms with Crippen molar-refractivity contribution < 1.29 is 9.53 Å². The standard InChI is InChI=1S/C25H24ClN5O2S2/c1-4-12-31-23(17(3)33-19-10-11-20(26)16(2)13-19)29-30-25(31)35-15-22(32)28-24-27-21(14-34-24)18-8-6-5-7-9-18/h4-11,13-14,17H,1,12,15H2,2-3H3,(H,27,28,32). The predicted octanol–water partition coefficient (Wildman–Crippen LogP) is 6.42. The first kappa shape index (κ1) is 25.0. The monoisotopic (exact) mass is 525 g/mol. The van der Waals surface area contributed by atoms with Gasteiger partial charge in [-0.1, -0.05) is 59.8 Å². The van der Waals surface area contributed by atoms with Gasteiger partial charge < -0.3 is 10.1 Å². The van der Waals surface area contributed by atoms with Crippen molar-refractivity contribution in [2.24, 2.45) is 0 Å². The van der Waals surface area contributed by atoms with E-state index < -0.39 is 0 Å². The highest BCUT2D eigenvalue weighted by Crippen LogP contribution is 2.28. The number of ether oxygens (including phenoxy) is 1. The van der Waals surface area contributed by atoms with Crippen LogP contribution in [0, 0.1) is 6.92 Å². The number of anilines is 1. The molecule has 0 aliphatic heterocycles. The topological polar surface area (TPSA) is 81.9 Å². The Balaban J connectivity index is 1.39. The van der Waals surface area contributed by atoms with Crippen LogP contribution >= 0.6 is 34.7 Å². The number of halogens is 1. The molecule has 0 spiro atoms. The van der Waals surface area contributed by atoms with E-state index in [1.165, 1.54) is 23.1 Å². The van der Waals surface area contributed by atoms with E-state index in [4.69, 9.17) is 16.3 Å². The number of nitrogens with one attached hydrogen (secondary N) is 1. The first-order chi connectivity index (χ1) is 16.9. The highest BCUT2D eigenvalue weighted by atomic mass is 35.5. The Hall–Kier alpha value is -3.14. The Bertz CT molecular complexity index is 1320. The number of amides is 1. The summed E-state index contributed by atoms with van der Waals surface area (Å²) in [6.07, 6.45) is 1.40. The second kappa shape index (κ2) is 11.5. The molecule has 0 aliphatic rings. The molecule has 4 rings (SSSR count). The summed E-state index contributed by atoms with van der Waals surface area (Å²) in [6, 6.07) is 15.4. The van der Waals surface area contributed by atoms with Gasteiger partial charge in [0.05, 0.1) is 11.4 Å². The molecule has 180 valence electrons. The third kappa shape index (κ3) is 6.30. The van der Waals surface area contributed by atoms with Crippen molar-refractivity contribution in [3.05, 3.63) is 83.0 Å². The van der Waals surface area contributed by atoms with Crippen molar-refractivity contribution >= 4 is 45.7 Å². The third-order valence-electron chi connectivity index (χ3n) is 5.02. The number of aryl methyl sites for hydroxylation is 1. The number of thioether (sulfide) groups is 1. The largest absolute Gasteiger partial charge is 0.483 e. The summed E-state index contributed by atoms with van der Waals surface area (Å²) in [5.41, 5.74) is 2.77. The summed E-state index contributed by atoms with van der Waals surface area (Å²) in [5, 5.41) is 15.2. The fourth-order valence-corrected chi connectivity index (χ4v) is 4.92. The average Bonchev–Trinajstić information content (AvgIpc) is 3.48. The normalized spacial score (nSPS) is 11.7. The molecule has 2 aromatic heterocycles. The number of hydrogen-bond acceptors (Lipinski definition) is 7. The van der Waals surface area contributed by atoms with Crippen molar-refractivity contribution in [1.29, 1.82) is 0 Å². The van der Waals surface area contributed by atoms with E-state index in [2.05, 4.69) is 27.1 Å². The molecule has 0 saturated carbocycles. The van der Waals surface area contributed by atoms with E-state index >= 15 is 0 Å². The zero-order valence-electron chi connectivity index (χ0n) is 19.3. The molecule has 1 unspecified atom stereocenters. The van der Waals surface area contributed by atoms with E-state index in [0.29, 0.717) is 33.4 Å². The van der Waals surface area contributed by atoms with E-state index in [0.717, 1.165) is 16.8 Å². The van der Waals surface area contributed by atoms with Gasteiger partial charge in [0.15, 0.2) is 22.2 Å². The van der Waals surface area contributed by atoms with Crippen molar-refractivity contribution in [1.82, 2.24) is 19.7 Å². The SMILES string of the molecule is C=CCn1c(SCC(=O)Nc2nc(-c3ccccc3)cs2)nnc1C(C)Oc1ccc(Cl)c(C)c1. The molecule has 35 heavy (non-hydrogen) atoms. The lowest BCUT2D eigenvalue weighted by molar-refractivity contribution is -0.113. The Kier molecular flexibility index (Phi) is 8.22. The number of carbonyl (C=O) groups is 1. The molecule has 0 bridgehead atoms. The highest BCUT2D eigenvalue weighted by Gasteiger charge is 2.20. The zero-order chi connectivity index (χ0) is 24.8. The molecule has 0 saturated heterocycles. The van der Waals surface area contributed by atoms with Gasteiger partial charge in [-0.2, -0.15) is 0 Å². The number of allylic oxidation sites excluding steroid dienone is 1. The summed E-state index contributed by atoms with van der Waals surface area (Å²) in [7, 11) is 0. The number of thiazole rings is 1. The number of hydrogen-bond donors (Lipinski definition) is 1. The van der Waals surface area contributed by atoms with Crippen LogP contribution in [-0.2, 0) is 11.3 Å². The Morgan fingerprint density at radius 3 is 2.83 bits per heavy atom. The summed E-state index contributed by atoms with van der Waals surface area (Å²) in [5.74, 6) is 1.34. The van der Waals surface area contributed by atoms with Gasteiger partial charge in [-0.15, -0.1) is 28.1 Å². The number of benzene rings is 2. The van der Waals surface area contributed by atoms with Crippen LogP contribution in [0.4, 0.5) is 5.13 Å². The van der Waals surface area contributed by atoms with Crippen LogP contribution in [0.25, 0.3) is 11.3 Å². The quantitative estimate of drug-likeness (QED) is 0.190. The first-order valence-electron chi connectivity index (χ1n) is 10.8. The van der Waals surface area contributed by atoms with E-state index in [1.54, 1.807) is 12.1 Å². The van der Waals surface area contributed by atoms with E-state index in [1.807, 2.05) is 66.3 Å². The van der Waals surface area contributed by atoms with Crippen molar-refractivity contribution in [2.75, 3.05) is 11.1 Å². The molecule has 2 heterocycles. The Morgan fingerprint density at radius 2 is 2.09 bits per heavy atom. The number of aromatic nitrogens is 4. The van der Waals surface area contributed by atoms with Crippen LogP contribution < -0.4 is 10.1 Å². The molecule has 0 aliphatic carbocycles.